The fraction of sp³-hybridized carbons (Fsp3) is 0.692. The van der Waals surface area contributed by atoms with Crippen molar-refractivity contribution < 1.29 is 18.3 Å². The van der Waals surface area contributed by atoms with Crippen LogP contribution in [0, 0.1) is 0 Å². The number of nitrogens with zero attached hydrogens (tertiary/aromatic N) is 1. The van der Waals surface area contributed by atoms with E-state index < -0.39 is 22.2 Å². The first-order valence-electron chi connectivity index (χ1n) is 7.05. The summed E-state index contributed by atoms with van der Waals surface area (Å²) >= 11 is 1.15. The fourth-order valence-corrected chi connectivity index (χ4v) is 4.60. The summed E-state index contributed by atoms with van der Waals surface area (Å²) in [5.74, 6) is 0. The molecule has 2 rings (SSSR count). The van der Waals surface area contributed by atoms with Crippen LogP contribution in [0.3, 0.4) is 0 Å². The minimum atomic E-state index is -3.58. The summed E-state index contributed by atoms with van der Waals surface area (Å²) in [7, 11) is -3.58. The Morgan fingerprint density at radius 2 is 2.19 bits per heavy atom. The SMILES string of the molecule is CCN(CC)C[C@@H]1OCC(NS(=O)(=O)c2cccs2)[C@H]1O. The van der Waals surface area contributed by atoms with Crippen LogP contribution in [0.2, 0.25) is 0 Å². The van der Waals surface area contributed by atoms with Gasteiger partial charge < -0.3 is 14.7 Å². The number of ether oxygens (including phenoxy) is 1. The molecule has 3 atom stereocenters. The molecule has 1 fully saturated rings. The van der Waals surface area contributed by atoms with Crippen LogP contribution in [0.25, 0.3) is 0 Å². The number of rotatable bonds is 7. The molecule has 0 aliphatic carbocycles. The Balaban J connectivity index is 1.97. The van der Waals surface area contributed by atoms with Gasteiger partial charge in [-0.1, -0.05) is 19.9 Å². The highest BCUT2D eigenvalue weighted by atomic mass is 32.2. The van der Waals surface area contributed by atoms with Crippen molar-refractivity contribution in [1.82, 2.24) is 9.62 Å². The molecule has 0 saturated carbocycles. The lowest BCUT2D eigenvalue weighted by molar-refractivity contribution is 0.0175. The summed E-state index contributed by atoms with van der Waals surface area (Å²) in [5.41, 5.74) is 0. The van der Waals surface area contributed by atoms with E-state index in [0.717, 1.165) is 24.4 Å². The Bertz CT molecular complexity index is 528. The molecule has 2 heterocycles. The van der Waals surface area contributed by atoms with Crippen LogP contribution < -0.4 is 4.72 Å². The molecule has 2 N–H and O–H groups in total. The van der Waals surface area contributed by atoms with Crippen LogP contribution >= 0.6 is 11.3 Å². The van der Waals surface area contributed by atoms with Gasteiger partial charge in [0.05, 0.1) is 24.9 Å². The molecule has 0 aromatic carbocycles. The number of sulfonamides is 1. The standard InChI is InChI=1S/C13H22N2O4S2/c1-3-15(4-2)8-11-13(16)10(9-19-11)14-21(17,18)12-6-5-7-20-12/h5-7,10-11,13-14,16H,3-4,8-9H2,1-2H3/t10?,11-,13+/m0/s1. The first kappa shape index (κ1) is 16.9. The quantitative estimate of drug-likeness (QED) is 0.759. The highest BCUT2D eigenvalue weighted by molar-refractivity contribution is 7.91. The van der Waals surface area contributed by atoms with Crippen LogP contribution in [0.4, 0.5) is 0 Å². The molecular formula is C13H22N2O4S2. The zero-order valence-corrected chi connectivity index (χ0v) is 13.9. The molecule has 1 aromatic rings. The van der Waals surface area contributed by atoms with Crippen molar-refractivity contribution in [2.75, 3.05) is 26.2 Å². The second-order valence-corrected chi connectivity index (χ2v) is 7.90. The lowest BCUT2D eigenvalue weighted by Crippen LogP contribution is -2.46. The summed E-state index contributed by atoms with van der Waals surface area (Å²) in [6.45, 7) is 6.62. The maximum absolute atomic E-state index is 12.2. The van der Waals surface area contributed by atoms with Gasteiger partial charge in [0.2, 0.25) is 10.0 Å². The molecule has 0 amide bonds. The number of thiophene rings is 1. The molecule has 0 spiro atoms. The second kappa shape index (κ2) is 7.17. The summed E-state index contributed by atoms with van der Waals surface area (Å²) in [6, 6.07) is 2.63. The highest BCUT2D eigenvalue weighted by Gasteiger charge is 2.39. The van der Waals surface area contributed by atoms with E-state index in [1.165, 1.54) is 0 Å². The van der Waals surface area contributed by atoms with Crippen LogP contribution in [-0.2, 0) is 14.8 Å². The lowest BCUT2D eigenvalue weighted by atomic mass is 10.1. The summed E-state index contributed by atoms with van der Waals surface area (Å²) in [5, 5.41) is 12.0. The van der Waals surface area contributed by atoms with Crippen LogP contribution in [0.15, 0.2) is 21.7 Å². The van der Waals surface area contributed by atoms with Crippen molar-refractivity contribution in [2.45, 2.75) is 36.3 Å². The molecule has 1 unspecified atom stereocenters. The summed E-state index contributed by atoms with van der Waals surface area (Å²) < 4.78 is 32.7. The molecule has 6 nitrogen and oxygen atoms in total. The molecule has 0 radical (unpaired) electrons. The minimum absolute atomic E-state index is 0.192. The van der Waals surface area contributed by atoms with Crippen molar-refractivity contribution in [3.05, 3.63) is 17.5 Å². The van der Waals surface area contributed by atoms with Gasteiger partial charge >= 0.3 is 0 Å². The molecule has 1 aromatic heterocycles. The zero-order valence-electron chi connectivity index (χ0n) is 12.2. The molecule has 1 aliphatic heterocycles. The van der Waals surface area contributed by atoms with Crippen molar-refractivity contribution in [2.24, 2.45) is 0 Å². The van der Waals surface area contributed by atoms with Gasteiger partial charge in [-0.25, -0.2) is 13.1 Å². The van der Waals surface area contributed by atoms with E-state index >= 15 is 0 Å². The fourth-order valence-electron chi connectivity index (χ4n) is 2.36. The number of likely N-dealkylation sites (N-methyl/N-ethyl adjacent to an activating group) is 1. The average Bonchev–Trinajstić information content (AvgIpc) is 3.09. The summed E-state index contributed by atoms with van der Waals surface area (Å²) in [4.78, 5) is 2.14. The van der Waals surface area contributed by atoms with Crippen LogP contribution in [-0.4, -0.2) is 62.9 Å². The van der Waals surface area contributed by atoms with E-state index in [1.54, 1.807) is 17.5 Å². The maximum Gasteiger partial charge on any atom is 0.250 e. The molecule has 120 valence electrons. The Kier molecular flexibility index (Phi) is 5.75. The number of hydrogen-bond acceptors (Lipinski definition) is 6. The molecule has 0 bridgehead atoms. The zero-order chi connectivity index (χ0) is 15.5. The Morgan fingerprint density at radius 1 is 1.48 bits per heavy atom. The predicted octanol–water partition coefficient (Wildman–Crippen LogP) is 0.496. The molecule has 21 heavy (non-hydrogen) atoms. The van der Waals surface area contributed by atoms with Gasteiger partial charge in [-0.15, -0.1) is 11.3 Å². The Hall–Kier alpha value is -0.510. The Labute approximate surface area is 129 Å². The maximum atomic E-state index is 12.2. The third-order valence-corrected chi connectivity index (χ3v) is 6.57. The van der Waals surface area contributed by atoms with Crippen molar-refractivity contribution in [1.29, 1.82) is 0 Å². The minimum Gasteiger partial charge on any atom is -0.389 e. The first-order valence-corrected chi connectivity index (χ1v) is 9.42. The van der Waals surface area contributed by atoms with E-state index in [9.17, 15) is 13.5 Å². The highest BCUT2D eigenvalue weighted by Crippen LogP contribution is 2.20. The summed E-state index contributed by atoms with van der Waals surface area (Å²) in [6.07, 6.45) is -1.19. The smallest absolute Gasteiger partial charge is 0.250 e. The number of nitrogens with one attached hydrogen (secondary N) is 1. The van der Waals surface area contributed by atoms with E-state index in [1.807, 2.05) is 13.8 Å². The van der Waals surface area contributed by atoms with E-state index in [0.29, 0.717) is 6.54 Å². The van der Waals surface area contributed by atoms with E-state index in [4.69, 9.17) is 4.74 Å². The van der Waals surface area contributed by atoms with Crippen LogP contribution in [0.5, 0.6) is 0 Å². The van der Waals surface area contributed by atoms with Gasteiger partial charge in [0.25, 0.3) is 0 Å². The van der Waals surface area contributed by atoms with Gasteiger partial charge in [-0.2, -0.15) is 0 Å². The number of aliphatic hydroxyl groups is 1. The number of hydrogen-bond donors (Lipinski definition) is 2. The third-order valence-electron chi connectivity index (χ3n) is 3.68. The van der Waals surface area contributed by atoms with Gasteiger partial charge in [-0.3, -0.25) is 0 Å². The third kappa shape index (κ3) is 4.02. The topological polar surface area (TPSA) is 78.9 Å². The van der Waals surface area contributed by atoms with Crippen molar-refractivity contribution >= 4 is 21.4 Å². The Morgan fingerprint density at radius 3 is 2.76 bits per heavy atom. The first-order chi connectivity index (χ1) is 9.97. The van der Waals surface area contributed by atoms with E-state index in [-0.39, 0.29) is 16.9 Å². The predicted molar refractivity (Wildman–Crippen MR) is 82.0 cm³/mol. The molecular weight excluding hydrogens is 312 g/mol. The van der Waals surface area contributed by atoms with Crippen molar-refractivity contribution in [3.63, 3.8) is 0 Å². The van der Waals surface area contributed by atoms with Gasteiger partial charge in [0, 0.05) is 6.54 Å². The van der Waals surface area contributed by atoms with Gasteiger partial charge in [-0.05, 0) is 24.5 Å². The van der Waals surface area contributed by atoms with Gasteiger partial charge in [0.1, 0.15) is 4.21 Å². The van der Waals surface area contributed by atoms with Gasteiger partial charge in [0.15, 0.2) is 0 Å². The lowest BCUT2D eigenvalue weighted by Gasteiger charge is -2.24. The van der Waals surface area contributed by atoms with E-state index in [2.05, 4.69) is 9.62 Å². The molecule has 1 saturated heterocycles. The second-order valence-electron chi connectivity index (χ2n) is 5.01. The monoisotopic (exact) mass is 334 g/mol. The largest absolute Gasteiger partial charge is 0.389 e. The number of aliphatic hydroxyl groups excluding tert-OH is 1. The van der Waals surface area contributed by atoms with Crippen molar-refractivity contribution in [3.8, 4) is 0 Å². The molecule has 1 aliphatic rings. The molecule has 8 heteroatoms. The normalized spacial score (nSPS) is 26.6. The van der Waals surface area contributed by atoms with Crippen LogP contribution in [0.1, 0.15) is 13.8 Å². The average molecular weight is 334 g/mol.